The number of pyridine rings is 1. The zero-order valence-electron chi connectivity index (χ0n) is 13.7. The van der Waals surface area contributed by atoms with E-state index < -0.39 is 0 Å². The van der Waals surface area contributed by atoms with E-state index in [4.69, 9.17) is 0 Å². The zero-order chi connectivity index (χ0) is 15.5. The Kier molecular flexibility index (Phi) is 8.76. The van der Waals surface area contributed by atoms with Crippen LogP contribution in [0.4, 0.5) is 0 Å². The first-order chi connectivity index (χ1) is 11.4. The number of aromatic amines is 1. The summed E-state index contributed by atoms with van der Waals surface area (Å²) in [6.07, 6.45) is 2.62. The maximum atomic E-state index is 4.58. The third-order valence-corrected chi connectivity index (χ3v) is 3.76. The van der Waals surface area contributed by atoms with E-state index in [1.165, 1.54) is 0 Å². The van der Waals surface area contributed by atoms with E-state index in [-0.39, 0.29) is 41.9 Å². The maximum Gasteiger partial charge on any atom is 2.00 e. The molecule has 26 heavy (non-hydrogen) atoms. The number of hydrogen-bond acceptors (Lipinski definition) is 3. The van der Waals surface area contributed by atoms with Crippen molar-refractivity contribution in [3.05, 3.63) is 72.2 Å². The smallest absolute Gasteiger partial charge is 1.00 e. The van der Waals surface area contributed by atoms with Gasteiger partial charge in [-0.05, 0) is 24.3 Å². The number of halogens is 2. The van der Waals surface area contributed by atoms with Crippen molar-refractivity contribution in [3.63, 3.8) is 0 Å². The van der Waals surface area contributed by atoms with Gasteiger partial charge in [-0.2, -0.15) is 0 Å². The Labute approximate surface area is 174 Å². The number of rotatable bonds is 4. The third-order valence-electron chi connectivity index (χ3n) is 3.76. The van der Waals surface area contributed by atoms with Crippen molar-refractivity contribution in [1.29, 1.82) is 0 Å². The van der Waals surface area contributed by atoms with Gasteiger partial charge in [0.1, 0.15) is 5.82 Å². The molecule has 0 aliphatic rings. The van der Waals surface area contributed by atoms with Gasteiger partial charge in [0.05, 0.1) is 22.2 Å². The van der Waals surface area contributed by atoms with Crippen molar-refractivity contribution in [2.45, 2.75) is 6.42 Å². The number of fused-ring (bicyclic) bond motifs is 2. The van der Waals surface area contributed by atoms with Crippen LogP contribution in [0.1, 0.15) is 11.5 Å². The van der Waals surface area contributed by atoms with Crippen LogP contribution in [-0.2, 0) is 23.5 Å². The minimum absolute atomic E-state index is 0. The van der Waals surface area contributed by atoms with Crippen LogP contribution in [0.15, 0.2) is 65.7 Å². The summed E-state index contributed by atoms with van der Waals surface area (Å²) >= 11 is 0. The van der Waals surface area contributed by atoms with Gasteiger partial charge in [0.2, 0.25) is 0 Å². The Morgan fingerprint density at radius 3 is 2.38 bits per heavy atom. The molecule has 0 saturated carbocycles. The number of aliphatic imine (C=N–C) groups is 1. The van der Waals surface area contributed by atoms with Crippen molar-refractivity contribution >= 4 is 28.2 Å². The number of aromatic nitrogens is 3. The summed E-state index contributed by atoms with van der Waals surface area (Å²) in [7, 11) is 0. The minimum Gasteiger partial charge on any atom is -1.00 e. The number of benzene rings is 2. The molecule has 4 nitrogen and oxygen atoms in total. The second-order valence-electron chi connectivity index (χ2n) is 5.41. The molecule has 0 unspecified atom stereocenters. The molecular formula is C19H16Cl2CuN4. The molecule has 2 aromatic heterocycles. The molecule has 4 rings (SSSR count). The van der Waals surface area contributed by atoms with Crippen LogP contribution in [0.2, 0.25) is 0 Å². The predicted octanol–water partition coefficient (Wildman–Crippen LogP) is -2.22. The Morgan fingerprint density at radius 1 is 0.846 bits per heavy atom. The Morgan fingerprint density at radius 2 is 1.58 bits per heavy atom. The standard InChI is InChI=1S/C19H16N4.2ClH.Cu/c1-2-6-16-14(5-1)9-10-15(21-16)13-20-12-11-19-22-17-7-3-4-8-18(17)23-19;;;/h1-10,13H,11-12H2,(H,22,23);2*1H;/q;;;+2/p-2. The van der Waals surface area contributed by atoms with Gasteiger partial charge in [0.25, 0.3) is 0 Å². The van der Waals surface area contributed by atoms with Gasteiger partial charge in [-0.1, -0.05) is 36.4 Å². The molecule has 0 spiro atoms. The second kappa shape index (κ2) is 10.3. The fourth-order valence-electron chi connectivity index (χ4n) is 2.61. The molecule has 0 aliphatic heterocycles. The van der Waals surface area contributed by atoms with Crippen LogP contribution in [0, 0.1) is 0 Å². The van der Waals surface area contributed by atoms with E-state index in [0.29, 0.717) is 6.54 Å². The van der Waals surface area contributed by atoms with Gasteiger partial charge < -0.3 is 29.8 Å². The van der Waals surface area contributed by atoms with E-state index in [1.54, 1.807) is 0 Å². The molecule has 1 N–H and O–H groups in total. The van der Waals surface area contributed by atoms with E-state index in [9.17, 15) is 0 Å². The SMILES string of the molecule is C(=NCCc1nc2ccccc2[nH]1)c1ccc2ccccc2n1.[Cl-].[Cl-].[Cu+2]. The van der Waals surface area contributed by atoms with Gasteiger partial charge in [0.15, 0.2) is 0 Å². The Balaban J connectivity index is 0.00000113. The number of nitrogens with zero attached hydrogens (tertiary/aromatic N) is 3. The van der Waals surface area contributed by atoms with Crippen molar-refractivity contribution in [1.82, 2.24) is 15.0 Å². The third kappa shape index (κ3) is 5.05. The average Bonchev–Trinajstić information content (AvgIpc) is 3.01. The first-order valence-electron chi connectivity index (χ1n) is 7.68. The summed E-state index contributed by atoms with van der Waals surface area (Å²) in [4.78, 5) is 16.9. The van der Waals surface area contributed by atoms with Gasteiger partial charge in [-0.3, -0.25) is 4.99 Å². The first-order valence-corrected chi connectivity index (χ1v) is 7.68. The normalized spacial score (nSPS) is 10.3. The molecule has 2 aromatic carbocycles. The second-order valence-corrected chi connectivity index (χ2v) is 5.41. The zero-order valence-corrected chi connectivity index (χ0v) is 16.1. The number of hydrogen-bond donors (Lipinski definition) is 1. The quantitative estimate of drug-likeness (QED) is 0.292. The van der Waals surface area contributed by atoms with Crippen LogP contribution >= 0.6 is 0 Å². The summed E-state index contributed by atoms with van der Waals surface area (Å²) in [6.45, 7) is 0.689. The first kappa shape index (κ1) is 22.1. The van der Waals surface area contributed by atoms with Crippen LogP contribution in [0.3, 0.4) is 0 Å². The van der Waals surface area contributed by atoms with Gasteiger partial charge in [-0.15, -0.1) is 0 Å². The summed E-state index contributed by atoms with van der Waals surface area (Å²) in [5.41, 5.74) is 3.95. The molecule has 0 atom stereocenters. The van der Waals surface area contributed by atoms with Crippen LogP contribution in [0.25, 0.3) is 21.9 Å². The molecule has 137 valence electrons. The summed E-state index contributed by atoms with van der Waals surface area (Å²) in [6, 6.07) is 20.2. The van der Waals surface area contributed by atoms with E-state index >= 15 is 0 Å². The fourth-order valence-corrected chi connectivity index (χ4v) is 2.61. The molecule has 0 saturated heterocycles. The molecule has 7 heteroatoms. The van der Waals surface area contributed by atoms with Gasteiger partial charge >= 0.3 is 17.1 Å². The van der Waals surface area contributed by atoms with Crippen molar-refractivity contribution in [3.8, 4) is 0 Å². The maximum absolute atomic E-state index is 4.58. The van der Waals surface area contributed by atoms with E-state index in [0.717, 1.165) is 39.9 Å². The number of nitrogens with one attached hydrogen (secondary N) is 1. The molecule has 4 aromatic rings. The predicted molar refractivity (Wildman–Crippen MR) is 94.0 cm³/mol. The Bertz CT molecular complexity index is 968. The largest absolute Gasteiger partial charge is 2.00 e. The summed E-state index contributed by atoms with van der Waals surface area (Å²) in [5, 5.41) is 1.15. The van der Waals surface area contributed by atoms with E-state index in [1.807, 2.05) is 54.7 Å². The summed E-state index contributed by atoms with van der Waals surface area (Å²) in [5.74, 6) is 0.967. The molecular weight excluding hydrogens is 419 g/mol. The molecule has 1 radical (unpaired) electrons. The van der Waals surface area contributed by atoms with Gasteiger partial charge in [-0.25, -0.2) is 9.97 Å². The molecule has 2 heterocycles. The molecule has 0 fully saturated rings. The Hall–Kier alpha value is -1.91. The number of H-pyrrole nitrogens is 1. The van der Waals surface area contributed by atoms with Crippen molar-refractivity contribution < 1.29 is 41.9 Å². The van der Waals surface area contributed by atoms with Crippen molar-refractivity contribution in [2.75, 3.05) is 6.54 Å². The molecule has 0 amide bonds. The monoisotopic (exact) mass is 433 g/mol. The van der Waals surface area contributed by atoms with E-state index in [2.05, 4.69) is 32.1 Å². The summed E-state index contributed by atoms with van der Waals surface area (Å²) < 4.78 is 0. The van der Waals surface area contributed by atoms with Crippen LogP contribution in [-0.4, -0.2) is 27.7 Å². The van der Waals surface area contributed by atoms with Crippen LogP contribution < -0.4 is 24.8 Å². The number of imidazole rings is 1. The minimum atomic E-state index is 0. The average molecular weight is 435 g/mol. The molecule has 0 bridgehead atoms. The van der Waals surface area contributed by atoms with Crippen molar-refractivity contribution in [2.24, 2.45) is 4.99 Å². The topological polar surface area (TPSA) is 53.9 Å². The van der Waals surface area contributed by atoms with Crippen LogP contribution in [0.5, 0.6) is 0 Å². The molecule has 0 aliphatic carbocycles. The van der Waals surface area contributed by atoms with Gasteiger partial charge in [0, 0.05) is 24.6 Å². The fraction of sp³-hybridized carbons (Fsp3) is 0.105. The number of para-hydroxylation sites is 3.